The second kappa shape index (κ2) is 5.97. The number of aromatic nitrogens is 2. The van der Waals surface area contributed by atoms with Crippen LogP contribution in [0.4, 0.5) is 5.69 Å². The largest absolute Gasteiger partial charge is 0.347 e. The molecule has 1 fully saturated rings. The summed E-state index contributed by atoms with van der Waals surface area (Å²) in [5.41, 5.74) is 0.815. The second-order valence-electron chi connectivity index (χ2n) is 5.19. The van der Waals surface area contributed by atoms with Crippen LogP contribution in [0.15, 0.2) is 34.9 Å². The summed E-state index contributed by atoms with van der Waals surface area (Å²) >= 11 is 0. The molecule has 7 nitrogen and oxygen atoms in total. The maximum Gasteiger partial charge on any atom is 0.246 e. The lowest BCUT2D eigenvalue weighted by Crippen LogP contribution is -2.32. The van der Waals surface area contributed by atoms with E-state index < -0.39 is 0 Å². The number of nitrogens with one attached hydrogen (secondary N) is 1. The summed E-state index contributed by atoms with van der Waals surface area (Å²) in [5.74, 6) is 0.296. The van der Waals surface area contributed by atoms with Gasteiger partial charge in [0, 0.05) is 18.7 Å². The zero-order valence-electron chi connectivity index (χ0n) is 12.2. The van der Waals surface area contributed by atoms with E-state index in [2.05, 4.69) is 15.5 Å². The number of benzene rings is 1. The number of hydrogen-bond donors (Lipinski definition) is 1. The van der Waals surface area contributed by atoms with Gasteiger partial charge in [-0.05, 0) is 19.1 Å². The summed E-state index contributed by atoms with van der Waals surface area (Å²) in [6.07, 6.45) is 0.212. The Bertz CT molecular complexity index is 683. The third kappa shape index (κ3) is 2.98. The molecular weight excluding hydrogens is 284 g/mol. The highest BCUT2D eigenvalue weighted by atomic mass is 16.5. The van der Waals surface area contributed by atoms with E-state index in [1.807, 2.05) is 30.3 Å². The number of rotatable bonds is 4. The first kappa shape index (κ1) is 14.2. The maximum atomic E-state index is 12.2. The van der Waals surface area contributed by atoms with Gasteiger partial charge in [0.05, 0.1) is 12.5 Å². The van der Waals surface area contributed by atoms with Crippen molar-refractivity contribution in [1.82, 2.24) is 15.5 Å². The fraction of sp³-hybridized carbons (Fsp3) is 0.333. The Morgan fingerprint density at radius 3 is 2.86 bits per heavy atom. The summed E-state index contributed by atoms with van der Waals surface area (Å²) in [6.45, 7) is 2.27. The smallest absolute Gasteiger partial charge is 0.246 e. The zero-order chi connectivity index (χ0) is 15.5. The fourth-order valence-electron chi connectivity index (χ4n) is 2.46. The SMILES string of the molecule is Cc1noc(CNC(=O)[C@H]2CC(=O)N(c3ccccc3)C2)n1. The molecule has 1 saturated heterocycles. The van der Waals surface area contributed by atoms with E-state index >= 15 is 0 Å². The molecule has 7 heteroatoms. The number of aryl methyl sites for hydroxylation is 1. The normalized spacial score (nSPS) is 17.8. The molecule has 1 aliphatic rings. The first-order chi connectivity index (χ1) is 10.6. The van der Waals surface area contributed by atoms with Crippen LogP contribution in [0.5, 0.6) is 0 Å². The minimum Gasteiger partial charge on any atom is -0.347 e. The highest BCUT2D eigenvalue weighted by Gasteiger charge is 2.35. The Balaban J connectivity index is 1.59. The van der Waals surface area contributed by atoms with Crippen LogP contribution in [-0.2, 0) is 16.1 Å². The number of carbonyl (C=O) groups is 2. The molecule has 114 valence electrons. The van der Waals surface area contributed by atoms with Crippen molar-refractivity contribution in [2.75, 3.05) is 11.4 Å². The minimum absolute atomic E-state index is 0.0417. The van der Waals surface area contributed by atoms with Crippen LogP contribution in [0.1, 0.15) is 18.1 Å². The van der Waals surface area contributed by atoms with E-state index in [4.69, 9.17) is 4.52 Å². The van der Waals surface area contributed by atoms with Gasteiger partial charge in [-0.1, -0.05) is 23.4 Å². The van der Waals surface area contributed by atoms with Crippen LogP contribution in [-0.4, -0.2) is 28.5 Å². The van der Waals surface area contributed by atoms with Crippen LogP contribution in [0, 0.1) is 12.8 Å². The molecule has 0 unspecified atom stereocenters. The number of carbonyl (C=O) groups excluding carboxylic acids is 2. The minimum atomic E-state index is -0.364. The Morgan fingerprint density at radius 1 is 1.41 bits per heavy atom. The molecule has 1 aromatic carbocycles. The first-order valence-electron chi connectivity index (χ1n) is 7.06. The van der Waals surface area contributed by atoms with E-state index in [1.165, 1.54) is 0 Å². The van der Waals surface area contributed by atoms with Crippen molar-refractivity contribution >= 4 is 17.5 Å². The van der Waals surface area contributed by atoms with Crippen LogP contribution in [0.2, 0.25) is 0 Å². The summed E-state index contributed by atoms with van der Waals surface area (Å²) in [7, 11) is 0. The molecule has 22 heavy (non-hydrogen) atoms. The monoisotopic (exact) mass is 300 g/mol. The van der Waals surface area contributed by atoms with E-state index in [-0.39, 0.29) is 30.7 Å². The molecule has 1 aromatic heterocycles. The average molecular weight is 300 g/mol. The summed E-state index contributed by atoms with van der Waals surface area (Å²) < 4.78 is 4.94. The molecule has 3 rings (SSSR count). The molecule has 0 radical (unpaired) electrons. The second-order valence-corrected chi connectivity index (χ2v) is 5.19. The van der Waals surface area contributed by atoms with Gasteiger partial charge < -0.3 is 14.7 Å². The zero-order valence-corrected chi connectivity index (χ0v) is 12.2. The summed E-state index contributed by atoms with van der Waals surface area (Å²) in [6, 6.07) is 9.35. The Morgan fingerprint density at radius 2 is 2.18 bits per heavy atom. The lowest BCUT2D eigenvalue weighted by Gasteiger charge is -2.16. The molecule has 0 bridgehead atoms. The van der Waals surface area contributed by atoms with E-state index in [0.717, 1.165) is 5.69 Å². The highest BCUT2D eigenvalue weighted by Crippen LogP contribution is 2.24. The molecule has 2 amide bonds. The van der Waals surface area contributed by atoms with Crippen LogP contribution < -0.4 is 10.2 Å². The predicted octanol–water partition coefficient (Wildman–Crippen LogP) is 1.05. The average Bonchev–Trinajstić information content (AvgIpc) is 3.12. The summed E-state index contributed by atoms with van der Waals surface area (Å²) in [4.78, 5) is 29.9. The van der Waals surface area contributed by atoms with Crippen molar-refractivity contribution in [1.29, 1.82) is 0 Å². The van der Waals surface area contributed by atoms with Gasteiger partial charge in [0.2, 0.25) is 17.7 Å². The van der Waals surface area contributed by atoms with Crippen molar-refractivity contribution in [3.05, 3.63) is 42.0 Å². The van der Waals surface area contributed by atoms with Gasteiger partial charge >= 0.3 is 0 Å². The van der Waals surface area contributed by atoms with E-state index in [1.54, 1.807) is 11.8 Å². The first-order valence-corrected chi connectivity index (χ1v) is 7.06. The molecule has 0 spiro atoms. The van der Waals surface area contributed by atoms with Crippen molar-refractivity contribution in [2.45, 2.75) is 19.9 Å². The molecule has 1 atom stereocenters. The fourth-order valence-corrected chi connectivity index (χ4v) is 2.46. The number of para-hydroxylation sites is 1. The summed E-state index contributed by atoms with van der Waals surface area (Å²) in [5, 5.41) is 6.39. The van der Waals surface area contributed by atoms with Crippen LogP contribution >= 0.6 is 0 Å². The Hall–Kier alpha value is -2.70. The molecule has 0 aliphatic carbocycles. The number of anilines is 1. The van der Waals surface area contributed by atoms with E-state index in [9.17, 15) is 9.59 Å². The molecule has 2 aromatic rings. The standard InChI is InChI=1S/C15H16N4O3/c1-10-17-13(22-18-10)8-16-15(21)11-7-14(20)19(9-11)12-5-3-2-4-6-12/h2-6,11H,7-9H2,1H3,(H,16,21)/t11-/m0/s1. The molecular formula is C15H16N4O3. The number of amides is 2. The van der Waals surface area contributed by atoms with Gasteiger partial charge in [0.15, 0.2) is 5.82 Å². The van der Waals surface area contributed by atoms with Crippen LogP contribution in [0.3, 0.4) is 0 Å². The van der Waals surface area contributed by atoms with Crippen molar-refractivity contribution in [3.63, 3.8) is 0 Å². The van der Waals surface area contributed by atoms with E-state index in [0.29, 0.717) is 18.3 Å². The highest BCUT2D eigenvalue weighted by molar-refractivity contribution is 6.00. The maximum absolute atomic E-state index is 12.2. The topological polar surface area (TPSA) is 88.3 Å². The van der Waals surface area contributed by atoms with Gasteiger partial charge in [-0.25, -0.2) is 0 Å². The van der Waals surface area contributed by atoms with Crippen molar-refractivity contribution < 1.29 is 14.1 Å². The Labute approximate surface area is 127 Å². The molecule has 1 aliphatic heterocycles. The third-order valence-corrected chi connectivity index (χ3v) is 3.55. The van der Waals surface area contributed by atoms with Gasteiger partial charge in [0.25, 0.3) is 0 Å². The van der Waals surface area contributed by atoms with Gasteiger partial charge in [-0.2, -0.15) is 4.98 Å². The van der Waals surface area contributed by atoms with Gasteiger partial charge in [0.1, 0.15) is 0 Å². The third-order valence-electron chi connectivity index (χ3n) is 3.55. The Kier molecular flexibility index (Phi) is 3.86. The van der Waals surface area contributed by atoms with Crippen LogP contribution in [0.25, 0.3) is 0 Å². The number of hydrogen-bond acceptors (Lipinski definition) is 5. The quantitative estimate of drug-likeness (QED) is 0.911. The number of nitrogens with zero attached hydrogens (tertiary/aromatic N) is 3. The molecule has 1 N–H and O–H groups in total. The van der Waals surface area contributed by atoms with Crippen molar-refractivity contribution in [2.24, 2.45) is 5.92 Å². The molecule has 0 saturated carbocycles. The van der Waals surface area contributed by atoms with Crippen molar-refractivity contribution in [3.8, 4) is 0 Å². The lowest BCUT2D eigenvalue weighted by atomic mass is 10.1. The molecule has 2 heterocycles. The predicted molar refractivity (Wildman–Crippen MR) is 77.8 cm³/mol. The van der Waals surface area contributed by atoms with Gasteiger partial charge in [-0.3, -0.25) is 9.59 Å². The lowest BCUT2D eigenvalue weighted by molar-refractivity contribution is -0.126. The van der Waals surface area contributed by atoms with Gasteiger partial charge in [-0.15, -0.1) is 0 Å².